The third-order valence-corrected chi connectivity index (χ3v) is 14.4. The molecule has 13 rings (SSSR count). The minimum absolute atomic E-state index is 0.00265. The molecular weight excluding hydrogens is 729 g/mol. The number of nitrogens with zero attached hydrogens (tertiary/aromatic N) is 4. The average Bonchev–Trinajstić information content (AvgIpc) is 3.62. The highest BCUT2D eigenvalue weighted by atomic mass is 15.0. The van der Waals surface area contributed by atoms with Crippen LogP contribution in [0.3, 0.4) is 0 Å². The molecule has 7 aromatic carbocycles. The summed E-state index contributed by atoms with van der Waals surface area (Å²) in [5.74, 6) is 5.02. The minimum Gasteiger partial charge on any atom is -0.238 e. The van der Waals surface area contributed by atoms with E-state index in [2.05, 4.69) is 126 Å². The Morgan fingerprint density at radius 3 is 1.38 bits per heavy atom. The molecule has 1 aromatic heterocycles. The fraction of sp³-hybridized carbons (Fsp3) is 0.179. The largest absolute Gasteiger partial charge is 0.238 e. The van der Waals surface area contributed by atoms with Gasteiger partial charge in [-0.15, -0.1) is 0 Å². The molecule has 0 N–H and O–H groups in total. The van der Waals surface area contributed by atoms with E-state index < -0.39 is 0 Å². The summed E-state index contributed by atoms with van der Waals surface area (Å²) in [6, 6.07) is 60.7. The van der Waals surface area contributed by atoms with Crippen molar-refractivity contribution < 1.29 is 0 Å². The maximum Gasteiger partial charge on any atom is 0.187 e. The summed E-state index contributed by atoms with van der Waals surface area (Å²) >= 11 is 0. The van der Waals surface area contributed by atoms with Crippen molar-refractivity contribution in [1.29, 1.82) is 0 Å². The van der Waals surface area contributed by atoms with Crippen molar-refractivity contribution in [3.63, 3.8) is 0 Å². The molecule has 1 heterocycles. The van der Waals surface area contributed by atoms with Gasteiger partial charge in [-0.25, -0.2) is 19.8 Å². The Bertz CT molecular complexity index is 2880. The van der Waals surface area contributed by atoms with Gasteiger partial charge in [0.15, 0.2) is 23.2 Å². The predicted molar refractivity (Wildman–Crippen MR) is 242 cm³/mol. The number of hydrogen-bond donors (Lipinski definition) is 0. The lowest BCUT2D eigenvalue weighted by Gasteiger charge is -2.61. The van der Waals surface area contributed by atoms with E-state index >= 15 is 0 Å². The molecule has 4 fully saturated rings. The summed E-state index contributed by atoms with van der Waals surface area (Å²) in [7, 11) is 0. The highest BCUT2D eigenvalue weighted by molar-refractivity contribution is 5.97. The first-order valence-corrected chi connectivity index (χ1v) is 21.5. The third-order valence-electron chi connectivity index (χ3n) is 14.4. The first-order valence-electron chi connectivity index (χ1n) is 21.5. The Kier molecular flexibility index (Phi) is 8.07. The molecule has 60 heavy (non-hydrogen) atoms. The van der Waals surface area contributed by atoms with Gasteiger partial charge in [0.25, 0.3) is 0 Å². The van der Waals surface area contributed by atoms with E-state index in [1.807, 2.05) is 48.5 Å². The monoisotopic (exact) mass is 770 g/mol. The van der Waals surface area contributed by atoms with Crippen LogP contribution in [0.4, 0.5) is 5.69 Å². The Labute approximate surface area is 351 Å². The molecule has 0 atom stereocenters. The third kappa shape index (κ3) is 5.46. The molecule has 0 amide bonds. The van der Waals surface area contributed by atoms with Crippen molar-refractivity contribution in [1.82, 2.24) is 15.0 Å². The van der Waals surface area contributed by atoms with E-state index in [0.29, 0.717) is 35.0 Å². The van der Waals surface area contributed by atoms with E-state index in [1.165, 1.54) is 65.5 Å². The second-order valence-electron chi connectivity index (χ2n) is 17.5. The van der Waals surface area contributed by atoms with Gasteiger partial charge in [0.2, 0.25) is 0 Å². The SMILES string of the molecule is [C-]#[N+]c1ccc(-c2ccc(-c3cccc4c3-c3cccc(-c5ccc(-c6nc(-c7ccccc7)nc(-c7ccccc7)n6)cc5)c3C43C4CC5CC(C4)CC3C5)cc2)cc1. The van der Waals surface area contributed by atoms with Gasteiger partial charge in [-0.05, 0) is 111 Å². The predicted octanol–water partition coefficient (Wildman–Crippen LogP) is 14.1. The van der Waals surface area contributed by atoms with E-state index in [-0.39, 0.29) is 5.41 Å². The van der Waals surface area contributed by atoms with Crippen LogP contribution < -0.4 is 0 Å². The highest BCUT2D eigenvalue weighted by Gasteiger charge is 2.62. The Morgan fingerprint density at radius 2 is 0.833 bits per heavy atom. The molecule has 1 spiro atoms. The zero-order valence-corrected chi connectivity index (χ0v) is 33.3. The summed E-state index contributed by atoms with van der Waals surface area (Å²) in [5, 5.41) is 0. The topological polar surface area (TPSA) is 43.0 Å². The van der Waals surface area contributed by atoms with Crippen molar-refractivity contribution in [3.05, 3.63) is 192 Å². The van der Waals surface area contributed by atoms with Gasteiger partial charge in [0, 0.05) is 22.1 Å². The molecule has 4 heteroatoms. The van der Waals surface area contributed by atoms with Gasteiger partial charge in [0.1, 0.15) is 0 Å². The van der Waals surface area contributed by atoms with Crippen LogP contribution in [-0.2, 0) is 5.41 Å². The minimum atomic E-state index is -0.00265. The summed E-state index contributed by atoms with van der Waals surface area (Å²) in [4.78, 5) is 18.6. The average molecular weight is 771 g/mol. The molecule has 5 aliphatic rings. The number of aromatic nitrogens is 3. The van der Waals surface area contributed by atoms with Crippen molar-refractivity contribution in [2.45, 2.75) is 37.5 Å². The maximum atomic E-state index is 7.36. The van der Waals surface area contributed by atoms with Crippen LogP contribution in [0.1, 0.15) is 43.2 Å². The second kappa shape index (κ2) is 13.8. The van der Waals surface area contributed by atoms with E-state index in [4.69, 9.17) is 21.5 Å². The molecule has 0 saturated heterocycles. The first-order chi connectivity index (χ1) is 29.6. The molecule has 286 valence electrons. The number of fused-ring (bicyclic) bond motifs is 3. The maximum absolute atomic E-state index is 7.36. The van der Waals surface area contributed by atoms with Gasteiger partial charge in [0.05, 0.1) is 6.57 Å². The Hall–Kier alpha value is -6.96. The standard InChI is InChI=1S/C56H42N4/c1-57-46-28-26-38(27-29-46)37-18-20-39(21-19-37)47-14-9-17-50-51(47)49-16-8-15-48(52(49)56(50)44-31-35-30-36(33-44)34-45(56)32-35)40-22-24-43(25-23-40)55-59-53(41-10-4-2-5-11-41)58-54(60-55)42-12-6-3-7-13-42/h2-29,35-36,44-45H,30-34H2. The molecule has 0 radical (unpaired) electrons. The lowest BCUT2D eigenvalue weighted by molar-refractivity contribution is -0.0397. The lowest BCUT2D eigenvalue weighted by atomic mass is 9.42. The van der Waals surface area contributed by atoms with E-state index in [1.54, 1.807) is 11.1 Å². The lowest BCUT2D eigenvalue weighted by Crippen LogP contribution is -2.55. The van der Waals surface area contributed by atoms with E-state index in [0.717, 1.165) is 39.7 Å². The second-order valence-corrected chi connectivity index (χ2v) is 17.5. The number of rotatable bonds is 6. The summed E-state index contributed by atoms with van der Waals surface area (Å²) in [6.07, 6.45) is 6.75. The van der Waals surface area contributed by atoms with Gasteiger partial charge in [-0.3, -0.25) is 0 Å². The van der Waals surface area contributed by atoms with Crippen LogP contribution >= 0.6 is 0 Å². The van der Waals surface area contributed by atoms with Gasteiger partial charge >= 0.3 is 0 Å². The zero-order valence-electron chi connectivity index (χ0n) is 33.3. The summed E-state index contributed by atoms with van der Waals surface area (Å²) in [5.41, 5.74) is 17.0. The van der Waals surface area contributed by atoms with Crippen LogP contribution in [-0.4, -0.2) is 15.0 Å². The molecule has 0 aliphatic heterocycles. The zero-order chi connectivity index (χ0) is 39.8. The molecule has 5 aliphatic carbocycles. The van der Waals surface area contributed by atoms with Crippen molar-refractivity contribution in [2.75, 3.05) is 0 Å². The van der Waals surface area contributed by atoms with Crippen LogP contribution in [0, 0.1) is 30.2 Å². The molecular formula is C56H42N4. The van der Waals surface area contributed by atoms with Gasteiger partial charge < -0.3 is 0 Å². The molecule has 4 saturated carbocycles. The fourth-order valence-electron chi connectivity index (χ4n) is 12.1. The summed E-state index contributed by atoms with van der Waals surface area (Å²) < 4.78 is 0. The van der Waals surface area contributed by atoms with Crippen molar-refractivity contribution >= 4 is 5.69 Å². The van der Waals surface area contributed by atoms with Crippen molar-refractivity contribution in [2.24, 2.45) is 23.7 Å². The highest BCUT2D eigenvalue weighted by Crippen LogP contribution is 2.71. The number of benzene rings is 7. The van der Waals surface area contributed by atoms with Gasteiger partial charge in [-0.2, -0.15) is 0 Å². The van der Waals surface area contributed by atoms with Gasteiger partial charge in [-0.1, -0.05) is 170 Å². The quantitative estimate of drug-likeness (QED) is 0.158. The van der Waals surface area contributed by atoms with Crippen LogP contribution in [0.2, 0.25) is 0 Å². The van der Waals surface area contributed by atoms with Crippen molar-refractivity contribution in [3.8, 4) is 78.7 Å². The number of hydrogen-bond acceptors (Lipinski definition) is 3. The Morgan fingerprint density at radius 1 is 0.400 bits per heavy atom. The summed E-state index contributed by atoms with van der Waals surface area (Å²) in [6.45, 7) is 7.36. The van der Waals surface area contributed by atoms with Crippen LogP contribution in [0.25, 0.3) is 83.5 Å². The molecule has 4 bridgehead atoms. The van der Waals surface area contributed by atoms with Crippen LogP contribution in [0.5, 0.6) is 0 Å². The molecule has 0 unspecified atom stereocenters. The molecule has 4 nitrogen and oxygen atoms in total. The molecule has 8 aromatic rings. The normalized spacial score (nSPS) is 21.7. The van der Waals surface area contributed by atoms with Crippen LogP contribution in [0.15, 0.2) is 170 Å². The Balaban J connectivity index is 0.987. The smallest absolute Gasteiger partial charge is 0.187 e. The van der Waals surface area contributed by atoms with E-state index in [9.17, 15) is 0 Å². The fourth-order valence-corrected chi connectivity index (χ4v) is 12.1. The first kappa shape index (κ1) is 35.0.